The maximum absolute atomic E-state index is 13.4. The van der Waals surface area contributed by atoms with Gasteiger partial charge in [0.15, 0.2) is 12.2 Å². The number of unbranched alkanes of at least 4 members (excludes halogenated alkanes) is 1. The Morgan fingerprint density at radius 1 is 0.635 bits per heavy atom. The van der Waals surface area contributed by atoms with Gasteiger partial charge in [0.25, 0.3) is 35.4 Å². The average molecular weight is 717 g/mol. The van der Waals surface area contributed by atoms with Gasteiger partial charge in [-0.3, -0.25) is 68.4 Å². The Kier molecular flexibility index (Phi) is 9.55. The minimum absolute atomic E-state index is 0.00187. The second-order valence-corrected chi connectivity index (χ2v) is 12.6. The number of hydrogen-bond donors (Lipinski definition) is 4. The van der Waals surface area contributed by atoms with E-state index < -0.39 is 83.4 Å². The fourth-order valence-corrected chi connectivity index (χ4v) is 6.65. The first-order valence-electron chi connectivity index (χ1n) is 16.4. The average Bonchev–Trinajstić information content (AvgIpc) is 3.50. The normalized spacial score (nSPS) is 21.0. The molecule has 2 saturated heterocycles. The number of nitrogens with one attached hydrogen (secondary N) is 2. The van der Waals surface area contributed by atoms with Crippen LogP contribution in [0.5, 0.6) is 11.5 Å². The Morgan fingerprint density at radius 2 is 1.02 bits per heavy atom. The second kappa shape index (κ2) is 14.0. The standard InChI is InChI=1S/C34H32N6O12/c35-27(43)21(51-19-9-3-5-15-25(19)33(49)39(31(15)47)17-11-13-23(41)37-29(17)45)7-1-2-8-22(28(36)44)52-20-10-4-6-16-26(20)34(50)40(32(16)48)18-12-14-24(42)38-30(18)46/h3-6,9-10,17-18,21-22H,1-2,7-8,11-14H2,(H2,35,43)(H2,36,44)(H,37,41,45)(H,38,42,46). The van der Waals surface area contributed by atoms with E-state index in [1.807, 2.05) is 0 Å². The maximum atomic E-state index is 13.4. The first kappa shape index (κ1) is 35.4. The molecule has 52 heavy (non-hydrogen) atoms. The highest BCUT2D eigenvalue weighted by atomic mass is 16.5. The monoisotopic (exact) mass is 716 g/mol. The SMILES string of the molecule is NC(=O)C(CCCCC(Oc1cccc2c1C(=O)N(C1CCC(=O)NC1=O)C2=O)C(N)=O)Oc1cccc2c1C(=O)N(C1CCC(=O)NC1=O)C2=O. The van der Waals surface area contributed by atoms with Crippen LogP contribution in [0.15, 0.2) is 36.4 Å². The molecule has 0 saturated carbocycles. The molecule has 4 unspecified atom stereocenters. The predicted molar refractivity (Wildman–Crippen MR) is 172 cm³/mol. The highest BCUT2D eigenvalue weighted by Gasteiger charge is 2.48. The van der Waals surface area contributed by atoms with E-state index in [0.717, 1.165) is 9.80 Å². The van der Waals surface area contributed by atoms with Gasteiger partial charge in [0.2, 0.25) is 23.6 Å². The summed E-state index contributed by atoms with van der Waals surface area (Å²) in [5.41, 5.74) is 10.8. The molecule has 2 fully saturated rings. The fraction of sp³-hybridized carbons (Fsp3) is 0.353. The van der Waals surface area contributed by atoms with Gasteiger partial charge in [0.1, 0.15) is 23.6 Å². The van der Waals surface area contributed by atoms with Crippen LogP contribution in [-0.2, 0) is 28.8 Å². The summed E-state index contributed by atoms with van der Waals surface area (Å²) in [5.74, 6) is -7.79. The Bertz CT molecular complexity index is 1840. The number of nitrogens with two attached hydrogens (primary N) is 2. The van der Waals surface area contributed by atoms with Gasteiger partial charge in [-0.05, 0) is 62.8 Å². The molecule has 0 aromatic heterocycles. The zero-order valence-electron chi connectivity index (χ0n) is 27.4. The van der Waals surface area contributed by atoms with E-state index in [2.05, 4.69) is 10.6 Å². The maximum Gasteiger partial charge on any atom is 0.266 e. The number of piperidine rings is 2. The van der Waals surface area contributed by atoms with Crippen molar-refractivity contribution in [2.24, 2.45) is 11.5 Å². The number of amides is 10. The quantitative estimate of drug-likeness (QED) is 0.147. The van der Waals surface area contributed by atoms with Crippen LogP contribution in [0.3, 0.4) is 0 Å². The van der Waals surface area contributed by atoms with Crippen molar-refractivity contribution in [1.29, 1.82) is 0 Å². The number of carbonyl (C=O) groups is 10. The lowest BCUT2D eigenvalue weighted by Gasteiger charge is -2.27. The molecule has 270 valence electrons. The molecule has 2 aromatic rings. The van der Waals surface area contributed by atoms with Crippen LogP contribution in [-0.4, -0.2) is 93.2 Å². The van der Waals surface area contributed by atoms with Gasteiger partial charge < -0.3 is 20.9 Å². The highest BCUT2D eigenvalue weighted by molar-refractivity contribution is 6.25. The van der Waals surface area contributed by atoms with Crippen LogP contribution < -0.4 is 31.6 Å². The van der Waals surface area contributed by atoms with Gasteiger partial charge in [-0.2, -0.15) is 0 Å². The summed E-state index contributed by atoms with van der Waals surface area (Å²) in [6.07, 6.45) is -2.35. The smallest absolute Gasteiger partial charge is 0.266 e. The third kappa shape index (κ3) is 6.45. The van der Waals surface area contributed by atoms with Crippen LogP contribution in [0.4, 0.5) is 0 Å². The Morgan fingerprint density at radius 3 is 1.37 bits per heavy atom. The predicted octanol–water partition coefficient (Wildman–Crippen LogP) is -0.785. The van der Waals surface area contributed by atoms with E-state index in [0.29, 0.717) is 0 Å². The third-order valence-corrected chi connectivity index (χ3v) is 9.22. The summed E-state index contributed by atoms with van der Waals surface area (Å²) in [4.78, 5) is 128. The number of nitrogens with zero attached hydrogens (tertiary/aromatic N) is 2. The number of hydrogen-bond acceptors (Lipinski definition) is 12. The van der Waals surface area contributed by atoms with Gasteiger partial charge in [0, 0.05) is 12.8 Å². The number of carbonyl (C=O) groups excluding carboxylic acids is 10. The molecular formula is C34H32N6O12. The van der Waals surface area contributed by atoms with Crippen molar-refractivity contribution in [1.82, 2.24) is 20.4 Å². The van der Waals surface area contributed by atoms with Gasteiger partial charge in [0.05, 0.1) is 22.3 Å². The van der Waals surface area contributed by atoms with Gasteiger partial charge in [-0.1, -0.05) is 12.1 Å². The van der Waals surface area contributed by atoms with E-state index in [4.69, 9.17) is 20.9 Å². The molecule has 4 aliphatic rings. The first-order chi connectivity index (χ1) is 24.8. The number of primary amides is 2. The molecule has 2 aromatic carbocycles. The second-order valence-electron chi connectivity index (χ2n) is 12.6. The molecule has 0 spiro atoms. The van der Waals surface area contributed by atoms with Crippen molar-refractivity contribution < 1.29 is 57.4 Å². The van der Waals surface area contributed by atoms with Crippen LogP contribution >= 0.6 is 0 Å². The Labute approximate surface area is 294 Å². The van der Waals surface area contributed by atoms with E-state index >= 15 is 0 Å². The van der Waals surface area contributed by atoms with E-state index in [1.165, 1.54) is 36.4 Å². The Hall–Kier alpha value is -6.46. The van der Waals surface area contributed by atoms with E-state index in [-0.39, 0.29) is 85.1 Å². The third-order valence-electron chi connectivity index (χ3n) is 9.22. The Balaban J connectivity index is 1.10. The molecule has 6 rings (SSSR count). The lowest BCUT2D eigenvalue weighted by Crippen LogP contribution is -2.54. The van der Waals surface area contributed by atoms with Gasteiger partial charge in [-0.15, -0.1) is 0 Å². The molecule has 18 heteroatoms. The minimum Gasteiger partial charge on any atom is -0.480 e. The topological polar surface area (TPSA) is 272 Å². The largest absolute Gasteiger partial charge is 0.480 e. The summed E-state index contributed by atoms with van der Waals surface area (Å²) in [6, 6.07) is 5.94. The molecule has 4 aliphatic heterocycles. The molecule has 10 amide bonds. The lowest BCUT2D eigenvalue weighted by atomic mass is 10.0. The van der Waals surface area contributed by atoms with Gasteiger partial charge >= 0.3 is 0 Å². The van der Waals surface area contributed by atoms with Crippen molar-refractivity contribution in [2.45, 2.75) is 75.7 Å². The van der Waals surface area contributed by atoms with Crippen LogP contribution in [0, 0.1) is 0 Å². The first-order valence-corrected chi connectivity index (χ1v) is 16.4. The molecular weight excluding hydrogens is 684 g/mol. The van der Waals surface area contributed by atoms with Crippen LogP contribution in [0.25, 0.3) is 0 Å². The molecule has 4 atom stereocenters. The number of benzene rings is 2. The molecule has 4 heterocycles. The summed E-state index contributed by atoms with van der Waals surface area (Å²) < 4.78 is 11.7. The zero-order chi connectivity index (χ0) is 37.4. The van der Waals surface area contributed by atoms with Crippen LogP contribution in [0.2, 0.25) is 0 Å². The molecule has 6 N–H and O–H groups in total. The van der Waals surface area contributed by atoms with E-state index in [9.17, 15) is 47.9 Å². The van der Waals surface area contributed by atoms with Crippen molar-refractivity contribution in [3.63, 3.8) is 0 Å². The summed E-state index contributed by atoms with van der Waals surface area (Å²) in [6.45, 7) is 0. The number of ether oxygens (including phenoxy) is 2. The number of imide groups is 4. The van der Waals surface area contributed by atoms with Crippen molar-refractivity contribution in [3.05, 3.63) is 58.7 Å². The molecule has 0 aliphatic carbocycles. The highest BCUT2D eigenvalue weighted by Crippen LogP contribution is 2.36. The zero-order valence-corrected chi connectivity index (χ0v) is 27.4. The van der Waals surface area contributed by atoms with Crippen molar-refractivity contribution in [2.75, 3.05) is 0 Å². The van der Waals surface area contributed by atoms with Gasteiger partial charge in [-0.25, -0.2) is 0 Å². The molecule has 0 radical (unpaired) electrons. The number of fused-ring (bicyclic) bond motifs is 2. The minimum atomic E-state index is -1.29. The summed E-state index contributed by atoms with van der Waals surface area (Å²) >= 11 is 0. The van der Waals surface area contributed by atoms with E-state index in [1.54, 1.807) is 0 Å². The number of rotatable bonds is 13. The van der Waals surface area contributed by atoms with Crippen LogP contribution in [0.1, 0.15) is 92.8 Å². The lowest BCUT2D eigenvalue weighted by molar-refractivity contribution is -0.137. The molecule has 18 nitrogen and oxygen atoms in total. The van der Waals surface area contributed by atoms with Crippen molar-refractivity contribution in [3.8, 4) is 11.5 Å². The fourth-order valence-electron chi connectivity index (χ4n) is 6.65. The summed E-state index contributed by atoms with van der Waals surface area (Å²) in [5, 5.41) is 4.23. The molecule has 0 bridgehead atoms. The van der Waals surface area contributed by atoms with Crippen molar-refractivity contribution >= 4 is 59.1 Å². The summed E-state index contributed by atoms with van der Waals surface area (Å²) in [7, 11) is 0.